The quantitative estimate of drug-likeness (QED) is 0.697. The number of aliphatic hydroxyl groups excluding tert-OH is 1. The number of anilines is 1. The summed E-state index contributed by atoms with van der Waals surface area (Å²) >= 11 is 5.41. The molecule has 1 aromatic carbocycles. The maximum atomic E-state index is 13.5. The van der Waals surface area contributed by atoms with Crippen molar-refractivity contribution >= 4 is 23.2 Å². The van der Waals surface area contributed by atoms with Gasteiger partial charge in [0.05, 0.1) is 17.7 Å². The largest absolute Gasteiger partial charge is 0.390 e. The number of rotatable bonds is 5. The summed E-state index contributed by atoms with van der Waals surface area (Å²) in [6.45, 7) is 0.153. The molecule has 0 bridgehead atoms. The van der Waals surface area contributed by atoms with E-state index in [1.165, 1.54) is 19.2 Å². The third-order valence-corrected chi connectivity index (χ3v) is 2.52. The van der Waals surface area contributed by atoms with Crippen molar-refractivity contribution in [1.82, 2.24) is 5.32 Å². The molecule has 94 valence electrons. The minimum absolute atomic E-state index is 0.0743. The first-order valence-electron chi connectivity index (χ1n) is 5.08. The number of carbonyl (C=O) groups excluding carboxylic acids is 1. The van der Waals surface area contributed by atoms with Crippen LogP contribution in [0.25, 0.3) is 0 Å². The number of benzene rings is 1. The summed E-state index contributed by atoms with van der Waals surface area (Å²) < 4.78 is 13.5. The van der Waals surface area contributed by atoms with E-state index in [1.54, 1.807) is 0 Å². The first-order valence-corrected chi connectivity index (χ1v) is 5.61. The molecule has 0 fully saturated rings. The van der Waals surface area contributed by atoms with Crippen molar-refractivity contribution in [3.8, 4) is 0 Å². The van der Waals surface area contributed by atoms with Gasteiger partial charge in [0, 0.05) is 19.2 Å². The molecule has 0 aliphatic carbocycles. The van der Waals surface area contributed by atoms with E-state index in [9.17, 15) is 14.3 Å². The zero-order valence-electron chi connectivity index (χ0n) is 9.34. The minimum atomic E-state index is -0.741. The second-order valence-corrected chi connectivity index (χ2v) is 3.77. The predicted molar refractivity (Wildman–Crippen MR) is 65.0 cm³/mol. The van der Waals surface area contributed by atoms with Crippen molar-refractivity contribution in [1.29, 1.82) is 0 Å². The average molecular weight is 261 g/mol. The van der Waals surface area contributed by atoms with Gasteiger partial charge in [-0.2, -0.15) is 0 Å². The molecular weight excluding hydrogens is 247 g/mol. The molecule has 0 spiro atoms. The van der Waals surface area contributed by atoms with Gasteiger partial charge in [-0.3, -0.25) is 4.79 Å². The molecule has 0 saturated heterocycles. The van der Waals surface area contributed by atoms with Gasteiger partial charge in [-0.25, -0.2) is 4.39 Å². The Kier molecular flexibility index (Phi) is 5.18. The maximum Gasteiger partial charge on any atom is 0.251 e. The lowest BCUT2D eigenvalue weighted by Crippen LogP contribution is -2.21. The van der Waals surface area contributed by atoms with E-state index in [0.717, 1.165) is 6.07 Å². The predicted octanol–water partition coefficient (Wildman–Crippen LogP) is 1.20. The Labute approximate surface area is 104 Å². The van der Waals surface area contributed by atoms with Crippen LogP contribution in [0.5, 0.6) is 0 Å². The molecule has 0 aliphatic rings. The summed E-state index contributed by atoms with van der Waals surface area (Å²) in [4.78, 5) is 11.2. The Morgan fingerprint density at radius 2 is 2.29 bits per heavy atom. The smallest absolute Gasteiger partial charge is 0.251 e. The zero-order valence-corrected chi connectivity index (χ0v) is 10.1. The van der Waals surface area contributed by atoms with E-state index in [0.29, 0.717) is 0 Å². The summed E-state index contributed by atoms with van der Waals surface area (Å²) in [6.07, 6.45) is -0.741. The van der Waals surface area contributed by atoms with E-state index in [-0.39, 0.29) is 29.6 Å². The number of hydrogen-bond donors (Lipinski definition) is 3. The van der Waals surface area contributed by atoms with E-state index in [1.807, 2.05) is 0 Å². The Hall–Kier alpha value is -1.33. The number of alkyl halides is 1. The average Bonchev–Trinajstić information content (AvgIpc) is 2.35. The summed E-state index contributed by atoms with van der Waals surface area (Å²) in [5.74, 6) is -0.825. The summed E-state index contributed by atoms with van der Waals surface area (Å²) in [7, 11) is 1.48. The third-order valence-electron chi connectivity index (χ3n) is 2.16. The highest BCUT2D eigenvalue weighted by molar-refractivity contribution is 6.18. The van der Waals surface area contributed by atoms with Gasteiger partial charge in [0.2, 0.25) is 0 Å². The molecule has 0 heterocycles. The van der Waals surface area contributed by atoms with Crippen LogP contribution in [0, 0.1) is 5.82 Å². The summed E-state index contributed by atoms with van der Waals surface area (Å²) in [6, 6.07) is 4.08. The van der Waals surface area contributed by atoms with Crippen LogP contribution < -0.4 is 10.6 Å². The Balaban J connectivity index is 2.73. The molecule has 1 atom stereocenters. The highest BCUT2D eigenvalue weighted by Gasteiger charge is 2.09. The fraction of sp³-hybridized carbons (Fsp3) is 0.364. The second kappa shape index (κ2) is 6.42. The van der Waals surface area contributed by atoms with Crippen LogP contribution in [0.4, 0.5) is 10.1 Å². The molecule has 17 heavy (non-hydrogen) atoms. The number of amides is 1. The topological polar surface area (TPSA) is 61.4 Å². The van der Waals surface area contributed by atoms with Crippen LogP contribution in [0.15, 0.2) is 18.2 Å². The van der Waals surface area contributed by atoms with Crippen molar-refractivity contribution in [2.75, 3.05) is 24.8 Å². The van der Waals surface area contributed by atoms with Crippen molar-refractivity contribution in [3.63, 3.8) is 0 Å². The lowest BCUT2D eigenvalue weighted by Gasteiger charge is -2.11. The van der Waals surface area contributed by atoms with Crippen molar-refractivity contribution in [2.45, 2.75) is 6.10 Å². The van der Waals surface area contributed by atoms with Gasteiger partial charge in [-0.15, -0.1) is 11.6 Å². The van der Waals surface area contributed by atoms with Crippen LogP contribution >= 0.6 is 11.6 Å². The van der Waals surface area contributed by atoms with Gasteiger partial charge < -0.3 is 15.7 Å². The highest BCUT2D eigenvalue weighted by Crippen LogP contribution is 2.15. The van der Waals surface area contributed by atoms with Gasteiger partial charge in [-0.05, 0) is 18.2 Å². The number of halogens is 2. The Morgan fingerprint density at radius 3 is 2.82 bits per heavy atom. The fourth-order valence-corrected chi connectivity index (χ4v) is 1.34. The van der Waals surface area contributed by atoms with Gasteiger partial charge in [0.15, 0.2) is 0 Å². The summed E-state index contributed by atoms with van der Waals surface area (Å²) in [5, 5.41) is 14.3. The fourth-order valence-electron chi connectivity index (χ4n) is 1.23. The molecule has 0 saturated carbocycles. The van der Waals surface area contributed by atoms with Gasteiger partial charge in [0.1, 0.15) is 5.82 Å². The third kappa shape index (κ3) is 3.87. The van der Waals surface area contributed by atoms with Crippen LogP contribution in [-0.2, 0) is 0 Å². The summed E-state index contributed by atoms with van der Waals surface area (Å²) in [5.41, 5.74) is 0.468. The number of nitrogens with one attached hydrogen (secondary N) is 2. The molecular formula is C11H14ClFN2O2. The molecule has 3 N–H and O–H groups in total. The Bertz CT molecular complexity index is 401. The van der Waals surface area contributed by atoms with Gasteiger partial charge >= 0.3 is 0 Å². The highest BCUT2D eigenvalue weighted by atomic mass is 35.5. The normalized spacial score (nSPS) is 12.0. The second-order valence-electron chi connectivity index (χ2n) is 3.46. The molecule has 1 aromatic rings. The first kappa shape index (κ1) is 13.7. The molecule has 0 radical (unpaired) electrons. The van der Waals surface area contributed by atoms with Crippen LogP contribution in [-0.4, -0.2) is 36.6 Å². The lowest BCUT2D eigenvalue weighted by atomic mass is 10.2. The SMILES string of the molecule is CNC(=O)c1ccc(NCC(O)CCl)c(F)c1. The standard InChI is InChI=1S/C11H14ClFN2O2/c1-14-11(17)7-2-3-10(9(13)4-7)15-6-8(16)5-12/h2-4,8,15-16H,5-6H2,1H3,(H,14,17). The van der Waals surface area contributed by atoms with Crippen LogP contribution in [0.2, 0.25) is 0 Å². The maximum absolute atomic E-state index is 13.5. The molecule has 1 rings (SSSR count). The number of hydrogen-bond acceptors (Lipinski definition) is 3. The van der Waals surface area contributed by atoms with E-state index < -0.39 is 11.9 Å². The van der Waals surface area contributed by atoms with Crippen molar-refractivity contribution in [2.24, 2.45) is 0 Å². The first-order chi connectivity index (χ1) is 8.08. The molecule has 1 amide bonds. The number of aliphatic hydroxyl groups is 1. The molecule has 0 aromatic heterocycles. The monoisotopic (exact) mass is 260 g/mol. The van der Waals surface area contributed by atoms with Crippen LogP contribution in [0.1, 0.15) is 10.4 Å². The van der Waals surface area contributed by atoms with Gasteiger partial charge in [-0.1, -0.05) is 0 Å². The number of carbonyl (C=O) groups is 1. The van der Waals surface area contributed by atoms with Crippen LogP contribution in [0.3, 0.4) is 0 Å². The van der Waals surface area contributed by atoms with Crippen molar-refractivity contribution in [3.05, 3.63) is 29.6 Å². The van der Waals surface area contributed by atoms with E-state index in [4.69, 9.17) is 11.6 Å². The molecule has 6 heteroatoms. The molecule has 1 unspecified atom stereocenters. The Morgan fingerprint density at radius 1 is 1.59 bits per heavy atom. The molecule has 0 aliphatic heterocycles. The zero-order chi connectivity index (χ0) is 12.8. The van der Waals surface area contributed by atoms with E-state index >= 15 is 0 Å². The lowest BCUT2D eigenvalue weighted by molar-refractivity contribution is 0.0962. The minimum Gasteiger partial charge on any atom is -0.390 e. The molecule has 4 nitrogen and oxygen atoms in total. The van der Waals surface area contributed by atoms with Crippen molar-refractivity contribution < 1.29 is 14.3 Å². The van der Waals surface area contributed by atoms with Gasteiger partial charge in [0.25, 0.3) is 5.91 Å². The van der Waals surface area contributed by atoms with E-state index in [2.05, 4.69) is 10.6 Å².